The third-order valence-electron chi connectivity index (χ3n) is 3.63. The molecule has 2 fully saturated rings. The summed E-state index contributed by atoms with van der Waals surface area (Å²) in [6, 6.07) is 2.32. The molecule has 0 radical (unpaired) electrons. The number of hydrogen-bond acceptors (Lipinski definition) is 3. The lowest BCUT2D eigenvalue weighted by molar-refractivity contribution is -0.146. The van der Waals surface area contributed by atoms with E-state index in [0.717, 1.165) is 19.3 Å². The molecule has 88 valence electrons. The first-order valence-corrected chi connectivity index (χ1v) is 6.09. The molecule has 1 saturated heterocycles. The van der Waals surface area contributed by atoms with E-state index in [4.69, 9.17) is 10.00 Å². The average molecular weight is 222 g/mol. The van der Waals surface area contributed by atoms with Crippen molar-refractivity contribution in [2.75, 3.05) is 13.2 Å². The zero-order valence-corrected chi connectivity index (χ0v) is 9.69. The van der Waals surface area contributed by atoms with Crippen LogP contribution in [0.1, 0.15) is 32.6 Å². The standard InChI is InChI=1S/C12H18N2O2/c1-2-9(8-13)12(15)14-6-7-16-11-5-3-4-10(11)14/h9-11H,2-7H2,1H3. The summed E-state index contributed by atoms with van der Waals surface area (Å²) in [4.78, 5) is 14.0. The number of nitriles is 1. The minimum Gasteiger partial charge on any atom is -0.374 e. The monoisotopic (exact) mass is 222 g/mol. The number of carbonyl (C=O) groups is 1. The Morgan fingerprint density at radius 2 is 2.44 bits per heavy atom. The van der Waals surface area contributed by atoms with Crippen LogP contribution < -0.4 is 0 Å². The maximum absolute atomic E-state index is 12.2. The van der Waals surface area contributed by atoms with E-state index in [1.54, 1.807) is 0 Å². The molecule has 1 amide bonds. The number of morpholine rings is 1. The molecule has 2 aliphatic rings. The van der Waals surface area contributed by atoms with Crippen LogP contribution in [0, 0.1) is 17.2 Å². The second-order valence-electron chi connectivity index (χ2n) is 4.53. The normalized spacial score (nSPS) is 30.6. The van der Waals surface area contributed by atoms with Crippen LogP contribution in [0.15, 0.2) is 0 Å². The van der Waals surface area contributed by atoms with Gasteiger partial charge in [-0.25, -0.2) is 0 Å². The summed E-state index contributed by atoms with van der Waals surface area (Å²) >= 11 is 0. The number of nitrogens with zero attached hydrogens (tertiary/aromatic N) is 2. The van der Waals surface area contributed by atoms with Gasteiger partial charge in [0, 0.05) is 6.54 Å². The number of amides is 1. The molecule has 1 aliphatic heterocycles. The Hall–Kier alpha value is -1.08. The Bertz CT molecular complexity index is 311. The summed E-state index contributed by atoms with van der Waals surface area (Å²) < 4.78 is 5.65. The van der Waals surface area contributed by atoms with Crippen LogP contribution in [0.3, 0.4) is 0 Å². The molecule has 4 heteroatoms. The lowest BCUT2D eigenvalue weighted by atomic mass is 10.0. The second kappa shape index (κ2) is 4.84. The van der Waals surface area contributed by atoms with Crippen LogP contribution in [0.25, 0.3) is 0 Å². The van der Waals surface area contributed by atoms with Crippen molar-refractivity contribution in [3.63, 3.8) is 0 Å². The van der Waals surface area contributed by atoms with E-state index in [2.05, 4.69) is 6.07 Å². The van der Waals surface area contributed by atoms with Crippen molar-refractivity contribution in [2.45, 2.75) is 44.8 Å². The van der Waals surface area contributed by atoms with Gasteiger partial charge in [-0.2, -0.15) is 5.26 Å². The van der Waals surface area contributed by atoms with E-state index >= 15 is 0 Å². The predicted octanol–water partition coefficient (Wildman–Crippen LogP) is 1.32. The van der Waals surface area contributed by atoms with Gasteiger partial charge in [0.25, 0.3) is 0 Å². The van der Waals surface area contributed by atoms with Crippen LogP contribution >= 0.6 is 0 Å². The van der Waals surface area contributed by atoms with E-state index < -0.39 is 5.92 Å². The third kappa shape index (κ3) is 1.92. The molecule has 0 N–H and O–H groups in total. The van der Waals surface area contributed by atoms with E-state index in [1.165, 1.54) is 0 Å². The summed E-state index contributed by atoms with van der Waals surface area (Å²) in [6.45, 7) is 3.16. The topological polar surface area (TPSA) is 53.3 Å². The zero-order chi connectivity index (χ0) is 11.5. The van der Waals surface area contributed by atoms with Gasteiger partial charge in [0.15, 0.2) is 0 Å². The highest BCUT2D eigenvalue weighted by atomic mass is 16.5. The van der Waals surface area contributed by atoms with Gasteiger partial charge < -0.3 is 9.64 Å². The summed E-state index contributed by atoms with van der Waals surface area (Å²) in [7, 11) is 0. The number of fused-ring (bicyclic) bond motifs is 1. The number of ether oxygens (including phenoxy) is 1. The van der Waals surface area contributed by atoms with Crippen LogP contribution in [-0.4, -0.2) is 36.1 Å². The van der Waals surface area contributed by atoms with Crippen LogP contribution in [-0.2, 0) is 9.53 Å². The highest BCUT2D eigenvalue weighted by Gasteiger charge is 2.39. The molecule has 1 saturated carbocycles. The Morgan fingerprint density at radius 3 is 3.12 bits per heavy atom. The third-order valence-corrected chi connectivity index (χ3v) is 3.63. The molecule has 4 nitrogen and oxygen atoms in total. The molecule has 1 heterocycles. The fourth-order valence-corrected chi connectivity index (χ4v) is 2.72. The summed E-state index contributed by atoms with van der Waals surface area (Å²) in [5, 5.41) is 8.94. The van der Waals surface area contributed by atoms with Gasteiger partial charge in [-0.05, 0) is 25.7 Å². The minimum absolute atomic E-state index is 0.00481. The van der Waals surface area contributed by atoms with Crippen molar-refractivity contribution >= 4 is 5.91 Å². The Labute approximate surface area is 96.2 Å². The van der Waals surface area contributed by atoms with Gasteiger partial charge in [0.2, 0.25) is 5.91 Å². The molecule has 2 rings (SSSR count). The van der Waals surface area contributed by atoms with Crippen LogP contribution in [0.5, 0.6) is 0 Å². The maximum Gasteiger partial charge on any atom is 0.240 e. The molecule has 3 atom stereocenters. The highest BCUT2D eigenvalue weighted by Crippen LogP contribution is 2.30. The van der Waals surface area contributed by atoms with Crippen LogP contribution in [0.4, 0.5) is 0 Å². The fraction of sp³-hybridized carbons (Fsp3) is 0.833. The first-order valence-electron chi connectivity index (χ1n) is 6.09. The van der Waals surface area contributed by atoms with E-state index in [9.17, 15) is 4.79 Å². The molecule has 0 aromatic heterocycles. The largest absolute Gasteiger partial charge is 0.374 e. The smallest absolute Gasteiger partial charge is 0.240 e. The van der Waals surface area contributed by atoms with Gasteiger partial charge >= 0.3 is 0 Å². The molecule has 16 heavy (non-hydrogen) atoms. The maximum atomic E-state index is 12.2. The van der Waals surface area contributed by atoms with Gasteiger partial charge in [0.1, 0.15) is 5.92 Å². The quantitative estimate of drug-likeness (QED) is 0.708. The molecule has 0 aromatic rings. The zero-order valence-electron chi connectivity index (χ0n) is 9.69. The molecule has 0 bridgehead atoms. The fourth-order valence-electron chi connectivity index (χ4n) is 2.72. The summed E-state index contributed by atoms with van der Waals surface area (Å²) in [6.07, 6.45) is 4.02. The summed E-state index contributed by atoms with van der Waals surface area (Å²) in [5.41, 5.74) is 0. The number of rotatable bonds is 2. The molecular weight excluding hydrogens is 204 g/mol. The second-order valence-corrected chi connectivity index (χ2v) is 4.53. The first-order chi connectivity index (χ1) is 7.77. The Morgan fingerprint density at radius 1 is 1.62 bits per heavy atom. The lowest BCUT2D eigenvalue weighted by Crippen LogP contribution is -2.52. The van der Waals surface area contributed by atoms with Crippen molar-refractivity contribution in [1.82, 2.24) is 4.90 Å². The average Bonchev–Trinajstić information content (AvgIpc) is 2.78. The molecule has 1 aliphatic carbocycles. The molecular formula is C12H18N2O2. The minimum atomic E-state index is -0.473. The van der Waals surface area contributed by atoms with Crippen molar-refractivity contribution in [1.29, 1.82) is 5.26 Å². The van der Waals surface area contributed by atoms with Gasteiger partial charge in [-0.3, -0.25) is 4.79 Å². The van der Waals surface area contributed by atoms with E-state index in [-0.39, 0.29) is 18.1 Å². The van der Waals surface area contributed by atoms with Gasteiger partial charge in [-0.1, -0.05) is 6.92 Å². The van der Waals surface area contributed by atoms with Gasteiger partial charge in [0.05, 0.1) is 24.8 Å². The summed E-state index contributed by atoms with van der Waals surface area (Å²) in [5.74, 6) is -0.468. The molecule has 0 aromatic carbocycles. The van der Waals surface area contributed by atoms with Crippen molar-refractivity contribution < 1.29 is 9.53 Å². The van der Waals surface area contributed by atoms with Crippen molar-refractivity contribution in [3.8, 4) is 6.07 Å². The lowest BCUT2D eigenvalue weighted by Gasteiger charge is -2.38. The highest BCUT2D eigenvalue weighted by molar-refractivity contribution is 5.81. The molecule has 0 spiro atoms. The Balaban J connectivity index is 2.08. The van der Waals surface area contributed by atoms with E-state index in [0.29, 0.717) is 19.6 Å². The predicted molar refractivity (Wildman–Crippen MR) is 58.5 cm³/mol. The van der Waals surface area contributed by atoms with Crippen molar-refractivity contribution in [3.05, 3.63) is 0 Å². The molecule has 3 unspecified atom stereocenters. The van der Waals surface area contributed by atoms with Gasteiger partial charge in [-0.15, -0.1) is 0 Å². The Kier molecular flexibility index (Phi) is 3.45. The number of carbonyl (C=O) groups excluding carboxylic acids is 1. The first kappa shape index (κ1) is 11.4. The van der Waals surface area contributed by atoms with E-state index in [1.807, 2.05) is 11.8 Å². The van der Waals surface area contributed by atoms with Crippen molar-refractivity contribution in [2.24, 2.45) is 5.92 Å². The number of hydrogen-bond donors (Lipinski definition) is 0. The van der Waals surface area contributed by atoms with Crippen LogP contribution in [0.2, 0.25) is 0 Å². The SMILES string of the molecule is CCC(C#N)C(=O)N1CCOC2CCCC21.